The molecule has 1 fully saturated rings. The maximum atomic E-state index is 5.80. The number of likely N-dealkylation sites (N-methyl/N-ethyl adjacent to an activating group) is 1. The van der Waals surface area contributed by atoms with E-state index in [1.165, 1.54) is 5.56 Å². The van der Waals surface area contributed by atoms with Crippen LogP contribution in [0.5, 0.6) is 0 Å². The van der Waals surface area contributed by atoms with Gasteiger partial charge in [-0.25, -0.2) is 0 Å². The maximum Gasteiger partial charge on any atom is 0.00510 e. The molecule has 1 aliphatic rings. The lowest BCUT2D eigenvalue weighted by Crippen LogP contribution is -2.21. The highest BCUT2D eigenvalue weighted by Gasteiger charge is 2.30. The molecule has 1 heterocycles. The summed E-state index contributed by atoms with van der Waals surface area (Å²) in [5.74, 6) is 1.26. The third kappa shape index (κ3) is 1.81. The van der Waals surface area contributed by atoms with Crippen LogP contribution in [-0.4, -0.2) is 31.6 Å². The monoisotopic (exact) mass is 190 g/mol. The number of hydrogen-bond donors (Lipinski definition) is 1. The number of nitrogens with zero attached hydrogens (tertiary/aromatic N) is 1. The predicted octanol–water partition coefficient (Wildman–Crippen LogP) is 1.29. The highest BCUT2D eigenvalue weighted by atomic mass is 15.1. The first-order chi connectivity index (χ1) is 6.81. The molecule has 1 saturated heterocycles. The molecule has 0 unspecified atom stereocenters. The maximum absolute atomic E-state index is 5.80. The van der Waals surface area contributed by atoms with E-state index in [0.29, 0.717) is 11.8 Å². The van der Waals surface area contributed by atoms with Crippen molar-refractivity contribution >= 4 is 0 Å². The first-order valence-electron chi connectivity index (χ1n) is 5.25. The van der Waals surface area contributed by atoms with Gasteiger partial charge in [0, 0.05) is 19.0 Å². The van der Waals surface area contributed by atoms with Gasteiger partial charge in [-0.05, 0) is 25.1 Å². The molecule has 76 valence electrons. The molecule has 1 aliphatic heterocycles. The van der Waals surface area contributed by atoms with Gasteiger partial charge in [-0.3, -0.25) is 0 Å². The van der Waals surface area contributed by atoms with Crippen molar-refractivity contribution in [3.8, 4) is 0 Å². The van der Waals surface area contributed by atoms with Crippen LogP contribution in [0.4, 0.5) is 0 Å². The Labute approximate surface area is 85.7 Å². The van der Waals surface area contributed by atoms with Gasteiger partial charge >= 0.3 is 0 Å². The lowest BCUT2D eigenvalue weighted by molar-refractivity contribution is 0.397. The summed E-state index contributed by atoms with van der Waals surface area (Å²) < 4.78 is 0. The first kappa shape index (κ1) is 9.69. The van der Waals surface area contributed by atoms with Gasteiger partial charge in [0.05, 0.1) is 0 Å². The van der Waals surface area contributed by atoms with Crippen molar-refractivity contribution in [2.24, 2.45) is 11.7 Å². The molecule has 14 heavy (non-hydrogen) atoms. The second kappa shape index (κ2) is 4.11. The van der Waals surface area contributed by atoms with Crippen molar-refractivity contribution in [3.05, 3.63) is 35.9 Å². The topological polar surface area (TPSA) is 29.3 Å². The third-order valence-electron chi connectivity index (χ3n) is 3.15. The van der Waals surface area contributed by atoms with Crippen LogP contribution in [0.1, 0.15) is 11.5 Å². The zero-order chi connectivity index (χ0) is 9.97. The molecule has 2 rings (SSSR count). The fourth-order valence-electron chi connectivity index (χ4n) is 2.40. The smallest absolute Gasteiger partial charge is 0.00510 e. The number of hydrogen-bond acceptors (Lipinski definition) is 2. The highest BCUT2D eigenvalue weighted by molar-refractivity contribution is 5.22. The van der Waals surface area contributed by atoms with Crippen molar-refractivity contribution in [2.75, 3.05) is 26.7 Å². The average Bonchev–Trinajstić information content (AvgIpc) is 2.61. The van der Waals surface area contributed by atoms with E-state index in [9.17, 15) is 0 Å². The van der Waals surface area contributed by atoms with E-state index < -0.39 is 0 Å². The molecule has 0 aliphatic carbocycles. The molecule has 0 aromatic heterocycles. The molecule has 2 heteroatoms. The molecule has 0 radical (unpaired) electrons. The van der Waals surface area contributed by atoms with Gasteiger partial charge in [0.15, 0.2) is 0 Å². The van der Waals surface area contributed by atoms with Crippen molar-refractivity contribution in [1.29, 1.82) is 0 Å². The molecule has 2 atom stereocenters. The largest absolute Gasteiger partial charge is 0.330 e. The van der Waals surface area contributed by atoms with Crippen molar-refractivity contribution in [1.82, 2.24) is 4.90 Å². The van der Waals surface area contributed by atoms with Gasteiger partial charge in [0.2, 0.25) is 0 Å². The van der Waals surface area contributed by atoms with Crippen LogP contribution < -0.4 is 5.73 Å². The summed E-state index contributed by atoms with van der Waals surface area (Å²) in [6.07, 6.45) is 0. The lowest BCUT2D eigenvalue weighted by Gasteiger charge is -2.16. The summed E-state index contributed by atoms with van der Waals surface area (Å²) in [4.78, 5) is 2.37. The van der Waals surface area contributed by atoms with Gasteiger partial charge in [0.1, 0.15) is 0 Å². The summed E-state index contributed by atoms with van der Waals surface area (Å²) in [6.45, 7) is 3.08. The molecule has 2 nitrogen and oxygen atoms in total. The van der Waals surface area contributed by atoms with Gasteiger partial charge in [-0.2, -0.15) is 0 Å². The minimum Gasteiger partial charge on any atom is -0.330 e. The summed E-state index contributed by atoms with van der Waals surface area (Å²) >= 11 is 0. The summed E-state index contributed by atoms with van der Waals surface area (Å²) in [6, 6.07) is 10.7. The summed E-state index contributed by atoms with van der Waals surface area (Å²) in [5.41, 5.74) is 7.23. The molecule has 0 amide bonds. The summed E-state index contributed by atoms with van der Waals surface area (Å²) in [7, 11) is 2.17. The summed E-state index contributed by atoms with van der Waals surface area (Å²) in [5, 5.41) is 0. The fourth-order valence-corrected chi connectivity index (χ4v) is 2.40. The minimum atomic E-state index is 0.627. The zero-order valence-corrected chi connectivity index (χ0v) is 8.69. The Morgan fingerprint density at radius 2 is 2.00 bits per heavy atom. The molecule has 2 N–H and O–H groups in total. The van der Waals surface area contributed by atoms with Crippen LogP contribution in [0.15, 0.2) is 30.3 Å². The van der Waals surface area contributed by atoms with Crippen LogP contribution >= 0.6 is 0 Å². The fraction of sp³-hybridized carbons (Fsp3) is 0.500. The van der Waals surface area contributed by atoms with Crippen molar-refractivity contribution in [3.63, 3.8) is 0 Å². The Balaban J connectivity index is 2.18. The zero-order valence-electron chi connectivity index (χ0n) is 8.69. The van der Waals surface area contributed by atoms with E-state index >= 15 is 0 Å². The standard InChI is InChI=1S/C12H18N2/c1-14-8-11(7-13)12(9-14)10-5-3-2-4-6-10/h2-6,11-12H,7-9,13H2,1H3/t11-,12+/m0/s1. The Morgan fingerprint density at radius 3 is 2.64 bits per heavy atom. The Morgan fingerprint density at radius 1 is 1.29 bits per heavy atom. The first-order valence-corrected chi connectivity index (χ1v) is 5.25. The van der Waals surface area contributed by atoms with Crippen LogP contribution in [0.2, 0.25) is 0 Å². The predicted molar refractivity (Wildman–Crippen MR) is 59.2 cm³/mol. The Bertz CT molecular complexity index is 284. The molecular weight excluding hydrogens is 172 g/mol. The molecule has 0 bridgehead atoms. The lowest BCUT2D eigenvalue weighted by atomic mass is 9.89. The SMILES string of the molecule is CN1C[C@H](CN)[C@@H](c2ccccc2)C1. The third-order valence-corrected chi connectivity index (χ3v) is 3.15. The molecule has 0 saturated carbocycles. The van der Waals surface area contributed by atoms with Crippen LogP contribution in [0.3, 0.4) is 0 Å². The van der Waals surface area contributed by atoms with Crippen molar-refractivity contribution in [2.45, 2.75) is 5.92 Å². The molecule has 1 aromatic carbocycles. The Kier molecular flexibility index (Phi) is 2.85. The number of benzene rings is 1. The molecule has 1 aromatic rings. The van der Waals surface area contributed by atoms with Gasteiger partial charge < -0.3 is 10.6 Å². The second-order valence-corrected chi connectivity index (χ2v) is 4.23. The molecular formula is C12H18N2. The number of nitrogens with two attached hydrogens (primary N) is 1. The quantitative estimate of drug-likeness (QED) is 0.761. The van der Waals surface area contributed by atoms with E-state index in [2.05, 4.69) is 42.3 Å². The van der Waals surface area contributed by atoms with E-state index in [-0.39, 0.29) is 0 Å². The van der Waals surface area contributed by atoms with E-state index in [1.54, 1.807) is 0 Å². The van der Waals surface area contributed by atoms with Crippen molar-refractivity contribution < 1.29 is 0 Å². The normalized spacial score (nSPS) is 28.1. The van der Waals surface area contributed by atoms with Gasteiger partial charge in [-0.15, -0.1) is 0 Å². The van der Waals surface area contributed by atoms with Gasteiger partial charge in [0.25, 0.3) is 0 Å². The molecule has 0 spiro atoms. The van der Waals surface area contributed by atoms with Gasteiger partial charge in [-0.1, -0.05) is 30.3 Å². The minimum absolute atomic E-state index is 0.627. The van der Waals surface area contributed by atoms with Crippen LogP contribution in [0.25, 0.3) is 0 Å². The van der Waals surface area contributed by atoms with E-state index in [4.69, 9.17) is 5.73 Å². The second-order valence-electron chi connectivity index (χ2n) is 4.23. The van der Waals surface area contributed by atoms with E-state index in [1.807, 2.05) is 0 Å². The van der Waals surface area contributed by atoms with Crippen LogP contribution in [-0.2, 0) is 0 Å². The number of likely N-dealkylation sites (tertiary alicyclic amines) is 1. The van der Waals surface area contributed by atoms with Crippen LogP contribution in [0, 0.1) is 5.92 Å². The average molecular weight is 190 g/mol. The Hall–Kier alpha value is -0.860. The highest BCUT2D eigenvalue weighted by Crippen LogP contribution is 2.30. The number of rotatable bonds is 2. The van der Waals surface area contributed by atoms with E-state index in [0.717, 1.165) is 19.6 Å².